The SMILES string of the molecule is C[C@@H]1CCC2(C)C3CCC4(C)C(CCC(C(=O)O)C(=O)O)CCC4C3CCC2(C)C1. The van der Waals surface area contributed by atoms with Crippen molar-refractivity contribution in [1.82, 2.24) is 0 Å². The molecule has 4 rings (SSSR count). The molecule has 0 bridgehead atoms. The predicted octanol–water partition coefficient (Wildman–Crippen LogP) is 6.24. The Morgan fingerprint density at radius 3 is 2.27 bits per heavy atom. The van der Waals surface area contributed by atoms with E-state index < -0.39 is 17.9 Å². The first-order chi connectivity index (χ1) is 14.0. The number of aliphatic carboxylic acids is 2. The van der Waals surface area contributed by atoms with Gasteiger partial charge in [-0.3, -0.25) is 9.59 Å². The molecule has 7 unspecified atom stereocenters. The fourth-order valence-corrected chi connectivity index (χ4v) is 9.24. The molecule has 0 aromatic rings. The molecule has 0 aliphatic heterocycles. The molecule has 0 radical (unpaired) electrons. The van der Waals surface area contributed by atoms with Crippen molar-refractivity contribution >= 4 is 11.9 Å². The maximum Gasteiger partial charge on any atom is 0.317 e. The molecule has 4 aliphatic rings. The molecule has 4 aliphatic carbocycles. The highest BCUT2D eigenvalue weighted by molar-refractivity contribution is 5.92. The van der Waals surface area contributed by atoms with Crippen LogP contribution in [-0.2, 0) is 9.59 Å². The second-order valence-corrected chi connectivity index (χ2v) is 12.4. The smallest absolute Gasteiger partial charge is 0.317 e. The molecule has 0 aromatic heterocycles. The van der Waals surface area contributed by atoms with E-state index in [2.05, 4.69) is 27.7 Å². The van der Waals surface area contributed by atoms with Crippen LogP contribution in [0.25, 0.3) is 0 Å². The largest absolute Gasteiger partial charge is 0.481 e. The van der Waals surface area contributed by atoms with Crippen molar-refractivity contribution in [3.8, 4) is 0 Å². The monoisotopic (exact) mass is 418 g/mol. The topological polar surface area (TPSA) is 74.6 Å². The molecular formula is C26H42O4. The van der Waals surface area contributed by atoms with Gasteiger partial charge in [0.15, 0.2) is 5.92 Å². The van der Waals surface area contributed by atoms with Gasteiger partial charge in [-0.2, -0.15) is 0 Å². The summed E-state index contributed by atoms with van der Waals surface area (Å²) in [7, 11) is 0. The van der Waals surface area contributed by atoms with E-state index in [0.717, 1.165) is 36.5 Å². The van der Waals surface area contributed by atoms with Gasteiger partial charge in [0.2, 0.25) is 0 Å². The summed E-state index contributed by atoms with van der Waals surface area (Å²) in [6.45, 7) is 10.1. The summed E-state index contributed by atoms with van der Waals surface area (Å²) in [5, 5.41) is 18.5. The Morgan fingerprint density at radius 1 is 0.900 bits per heavy atom. The molecule has 4 fully saturated rings. The molecule has 0 amide bonds. The Balaban J connectivity index is 1.50. The van der Waals surface area contributed by atoms with Gasteiger partial charge in [-0.05, 0) is 110 Å². The highest BCUT2D eigenvalue weighted by Crippen LogP contribution is 2.71. The molecule has 4 heteroatoms. The lowest BCUT2D eigenvalue weighted by molar-refractivity contribution is -0.161. The van der Waals surface area contributed by atoms with Crippen LogP contribution in [0.1, 0.15) is 98.3 Å². The quantitative estimate of drug-likeness (QED) is 0.518. The molecule has 0 spiro atoms. The van der Waals surface area contributed by atoms with Gasteiger partial charge in [0.25, 0.3) is 0 Å². The van der Waals surface area contributed by atoms with Crippen molar-refractivity contribution in [2.45, 2.75) is 98.3 Å². The van der Waals surface area contributed by atoms with Crippen LogP contribution in [-0.4, -0.2) is 22.2 Å². The first-order valence-corrected chi connectivity index (χ1v) is 12.5. The minimum atomic E-state index is -1.25. The average Bonchev–Trinajstić information content (AvgIpc) is 2.99. The Bertz CT molecular complexity index is 689. The summed E-state index contributed by atoms with van der Waals surface area (Å²) in [5.41, 5.74) is 1.24. The molecule has 0 aromatic carbocycles. The highest BCUT2D eigenvalue weighted by atomic mass is 16.4. The number of fused-ring (bicyclic) bond motifs is 5. The second kappa shape index (κ2) is 7.52. The van der Waals surface area contributed by atoms with E-state index in [1.807, 2.05) is 0 Å². The van der Waals surface area contributed by atoms with Gasteiger partial charge in [-0.25, -0.2) is 0 Å². The number of carbonyl (C=O) groups is 2. The minimum absolute atomic E-state index is 0.273. The minimum Gasteiger partial charge on any atom is -0.481 e. The van der Waals surface area contributed by atoms with Crippen molar-refractivity contribution in [2.24, 2.45) is 51.8 Å². The van der Waals surface area contributed by atoms with Crippen LogP contribution >= 0.6 is 0 Å². The number of rotatable bonds is 5. The normalized spacial score (nSPS) is 48.0. The summed E-state index contributed by atoms with van der Waals surface area (Å²) < 4.78 is 0. The van der Waals surface area contributed by atoms with E-state index in [9.17, 15) is 19.8 Å². The first kappa shape index (κ1) is 22.1. The molecule has 8 atom stereocenters. The standard InChI is InChI=1S/C26H42O4/c1-16-9-14-26(4)21-11-13-25(3)17(5-7-19(22(27)28)23(29)30)6-8-20(25)18(21)10-12-24(26,2)15-16/h16-21H,5-15H2,1-4H3,(H,27,28)(H,29,30)/t16-,17?,18?,20?,21?,24?,25?,26?/m1/s1. The lowest BCUT2D eigenvalue weighted by Gasteiger charge is -2.65. The predicted molar refractivity (Wildman–Crippen MR) is 117 cm³/mol. The third-order valence-corrected chi connectivity index (χ3v) is 11.2. The van der Waals surface area contributed by atoms with E-state index in [1.54, 1.807) is 0 Å². The lowest BCUT2D eigenvalue weighted by atomic mass is 9.40. The van der Waals surface area contributed by atoms with Gasteiger partial charge in [-0.15, -0.1) is 0 Å². The van der Waals surface area contributed by atoms with Crippen LogP contribution in [0.5, 0.6) is 0 Å². The van der Waals surface area contributed by atoms with E-state index in [4.69, 9.17) is 0 Å². The van der Waals surface area contributed by atoms with Gasteiger partial charge in [0.1, 0.15) is 0 Å². The maximum absolute atomic E-state index is 11.3. The summed E-state index contributed by atoms with van der Waals surface area (Å²) in [6, 6.07) is 0. The Morgan fingerprint density at radius 2 is 1.60 bits per heavy atom. The fraction of sp³-hybridized carbons (Fsp3) is 0.923. The Kier molecular flexibility index (Phi) is 5.55. The van der Waals surface area contributed by atoms with Crippen LogP contribution in [0.2, 0.25) is 0 Å². The second-order valence-electron chi connectivity index (χ2n) is 12.4. The third-order valence-electron chi connectivity index (χ3n) is 11.2. The summed E-state index contributed by atoms with van der Waals surface area (Å²) in [5.74, 6) is 0.130. The summed E-state index contributed by atoms with van der Waals surface area (Å²) >= 11 is 0. The van der Waals surface area contributed by atoms with Gasteiger partial charge in [0.05, 0.1) is 0 Å². The Hall–Kier alpha value is -1.06. The molecule has 4 nitrogen and oxygen atoms in total. The van der Waals surface area contributed by atoms with Crippen LogP contribution in [0.15, 0.2) is 0 Å². The van der Waals surface area contributed by atoms with Crippen molar-refractivity contribution in [3.63, 3.8) is 0 Å². The third kappa shape index (κ3) is 3.23. The lowest BCUT2D eigenvalue weighted by Crippen LogP contribution is -2.57. The maximum atomic E-state index is 11.3. The summed E-state index contributed by atoms with van der Waals surface area (Å²) in [4.78, 5) is 22.7. The zero-order chi connectivity index (χ0) is 21.9. The van der Waals surface area contributed by atoms with Gasteiger partial charge in [0, 0.05) is 0 Å². The van der Waals surface area contributed by atoms with Crippen LogP contribution in [0, 0.1) is 51.8 Å². The molecule has 0 heterocycles. The van der Waals surface area contributed by atoms with Gasteiger partial charge < -0.3 is 10.2 Å². The van der Waals surface area contributed by atoms with Crippen LogP contribution < -0.4 is 0 Å². The zero-order valence-corrected chi connectivity index (χ0v) is 19.5. The molecular weight excluding hydrogens is 376 g/mol. The number of carboxylic acids is 2. The summed E-state index contributed by atoms with van der Waals surface area (Å²) in [6.07, 6.45) is 12.9. The zero-order valence-electron chi connectivity index (χ0n) is 19.5. The van der Waals surface area contributed by atoms with Crippen molar-refractivity contribution in [2.75, 3.05) is 0 Å². The molecule has 0 saturated heterocycles. The van der Waals surface area contributed by atoms with Crippen LogP contribution in [0.3, 0.4) is 0 Å². The highest BCUT2D eigenvalue weighted by Gasteiger charge is 2.62. The van der Waals surface area contributed by atoms with E-state index in [0.29, 0.717) is 16.7 Å². The first-order valence-electron chi connectivity index (χ1n) is 12.5. The molecule has 4 saturated carbocycles. The molecule has 30 heavy (non-hydrogen) atoms. The average molecular weight is 419 g/mol. The van der Waals surface area contributed by atoms with E-state index >= 15 is 0 Å². The number of hydrogen-bond donors (Lipinski definition) is 2. The van der Waals surface area contributed by atoms with E-state index in [-0.39, 0.29) is 11.8 Å². The van der Waals surface area contributed by atoms with Crippen molar-refractivity contribution < 1.29 is 19.8 Å². The van der Waals surface area contributed by atoms with E-state index in [1.165, 1.54) is 51.4 Å². The molecule has 170 valence electrons. The van der Waals surface area contributed by atoms with Gasteiger partial charge in [-0.1, -0.05) is 34.1 Å². The van der Waals surface area contributed by atoms with Crippen LogP contribution in [0.4, 0.5) is 0 Å². The number of hydrogen-bond acceptors (Lipinski definition) is 2. The molecule has 2 N–H and O–H groups in total. The van der Waals surface area contributed by atoms with Gasteiger partial charge >= 0.3 is 11.9 Å². The fourth-order valence-electron chi connectivity index (χ4n) is 9.24. The number of carboxylic acid groups (broad SMARTS) is 2. The van der Waals surface area contributed by atoms with Crippen molar-refractivity contribution in [1.29, 1.82) is 0 Å². The van der Waals surface area contributed by atoms with Crippen molar-refractivity contribution in [3.05, 3.63) is 0 Å². The Labute approximate surface area is 182 Å².